The zero-order valence-corrected chi connectivity index (χ0v) is 11.1. The lowest BCUT2D eigenvalue weighted by atomic mass is 9.97. The molecule has 2 rings (SSSR count). The van der Waals surface area contributed by atoms with E-state index in [0.717, 1.165) is 38.7 Å². The Bertz CT molecular complexity index is 288. The summed E-state index contributed by atoms with van der Waals surface area (Å²) in [6.07, 6.45) is 5.58. The van der Waals surface area contributed by atoms with Gasteiger partial charge in [-0.2, -0.15) is 0 Å². The van der Waals surface area contributed by atoms with E-state index < -0.39 is 5.54 Å². The van der Waals surface area contributed by atoms with E-state index in [1.807, 2.05) is 6.92 Å². The van der Waals surface area contributed by atoms with Gasteiger partial charge in [0.2, 0.25) is 0 Å². The molecular weight excluding hydrogens is 232 g/mol. The van der Waals surface area contributed by atoms with Crippen LogP contribution in [0.3, 0.4) is 0 Å². The number of aliphatic hydroxyl groups excluding tert-OH is 1. The lowest BCUT2D eigenvalue weighted by Crippen LogP contribution is -2.54. The Labute approximate surface area is 108 Å². The molecule has 0 bridgehead atoms. The molecule has 1 saturated carbocycles. The average Bonchev–Trinajstić information content (AvgIpc) is 3.09. The predicted octanol–water partition coefficient (Wildman–Crippen LogP) is 1.02. The van der Waals surface area contributed by atoms with Crippen LogP contribution in [0.4, 0.5) is 4.79 Å². The second-order valence-electron chi connectivity index (χ2n) is 5.65. The van der Waals surface area contributed by atoms with Crippen molar-refractivity contribution >= 4 is 6.03 Å². The van der Waals surface area contributed by atoms with Crippen molar-refractivity contribution in [1.82, 2.24) is 10.6 Å². The van der Waals surface area contributed by atoms with Crippen molar-refractivity contribution in [2.24, 2.45) is 5.92 Å². The lowest BCUT2D eigenvalue weighted by molar-refractivity contribution is 0.104. The van der Waals surface area contributed by atoms with Crippen molar-refractivity contribution in [1.29, 1.82) is 0 Å². The summed E-state index contributed by atoms with van der Waals surface area (Å²) in [4.78, 5) is 11.7. The van der Waals surface area contributed by atoms with Crippen LogP contribution in [0.1, 0.15) is 39.0 Å². The Hall–Kier alpha value is -0.810. The first kappa shape index (κ1) is 13.6. The fraction of sp³-hybridized carbons (Fsp3) is 0.923. The third-order valence-corrected chi connectivity index (χ3v) is 3.98. The molecule has 5 nitrogen and oxygen atoms in total. The smallest absolute Gasteiger partial charge is 0.315 e. The molecule has 104 valence electrons. The van der Waals surface area contributed by atoms with Crippen molar-refractivity contribution in [3.63, 3.8) is 0 Å². The van der Waals surface area contributed by atoms with Crippen LogP contribution in [0.15, 0.2) is 0 Å². The summed E-state index contributed by atoms with van der Waals surface area (Å²) < 4.78 is 5.49. The van der Waals surface area contributed by atoms with Crippen molar-refractivity contribution in [3.8, 4) is 0 Å². The van der Waals surface area contributed by atoms with Crippen LogP contribution in [0.2, 0.25) is 0 Å². The molecule has 0 aromatic carbocycles. The summed E-state index contributed by atoms with van der Waals surface area (Å²) >= 11 is 0. The van der Waals surface area contributed by atoms with Crippen molar-refractivity contribution in [2.75, 3.05) is 19.8 Å². The molecule has 5 heteroatoms. The Morgan fingerprint density at radius 2 is 2.22 bits per heavy atom. The molecule has 2 amide bonds. The van der Waals surface area contributed by atoms with E-state index in [2.05, 4.69) is 10.6 Å². The molecule has 1 heterocycles. The minimum Gasteiger partial charge on any atom is -0.394 e. The molecule has 18 heavy (non-hydrogen) atoms. The van der Waals surface area contributed by atoms with Crippen LogP contribution in [0, 0.1) is 5.92 Å². The molecule has 2 aliphatic rings. The summed E-state index contributed by atoms with van der Waals surface area (Å²) in [5, 5.41) is 15.1. The summed E-state index contributed by atoms with van der Waals surface area (Å²) in [5.74, 6) is 0.423. The van der Waals surface area contributed by atoms with Crippen LogP contribution in [0.25, 0.3) is 0 Å². The normalized spacial score (nSPS) is 26.7. The fourth-order valence-corrected chi connectivity index (χ4v) is 2.51. The van der Waals surface area contributed by atoms with E-state index in [-0.39, 0.29) is 12.6 Å². The number of carbonyl (C=O) groups is 1. The first-order chi connectivity index (χ1) is 8.64. The third-order valence-electron chi connectivity index (χ3n) is 3.98. The predicted molar refractivity (Wildman–Crippen MR) is 68.3 cm³/mol. The topological polar surface area (TPSA) is 70.6 Å². The van der Waals surface area contributed by atoms with Gasteiger partial charge in [-0.15, -0.1) is 0 Å². The number of rotatable bonds is 6. The first-order valence-electron chi connectivity index (χ1n) is 6.92. The number of urea groups is 1. The largest absolute Gasteiger partial charge is 0.394 e. The standard InChI is InChI=1S/C13H24N2O3/c1-13(9-16,10-4-5-10)15-12(17)14-7-6-11-3-2-8-18-11/h10-11,16H,2-9H2,1H3,(H2,14,15,17)/t11-,13-/m0/s1. The molecule has 2 atom stereocenters. The Morgan fingerprint density at radius 3 is 2.78 bits per heavy atom. The van der Waals surface area contributed by atoms with Crippen LogP contribution < -0.4 is 10.6 Å². The fourth-order valence-electron chi connectivity index (χ4n) is 2.51. The molecule has 0 aromatic heterocycles. The average molecular weight is 256 g/mol. The molecule has 1 aliphatic carbocycles. The van der Waals surface area contributed by atoms with Gasteiger partial charge in [-0.25, -0.2) is 4.79 Å². The molecule has 0 radical (unpaired) electrons. The molecule has 1 aliphatic heterocycles. The van der Waals surface area contributed by atoms with E-state index in [4.69, 9.17) is 4.74 Å². The van der Waals surface area contributed by atoms with E-state index in [9.17, 15) is 9.90 Å². The summed E-state index contributed by atoms with van der Waals surface area (Å²) in [5.41, 5.74) is -0.464. The molecule has 1 saturated heterocycles. The van der Waals surface area contributed by atoms with E-state index in [0.29, 0.717) is 18.6 Å². The number of nitrogens with one attached hydrogen (secondary N) is 2. The second-order valence-corrected chi connectivity index (χ2v) is 5.65. The number of hydrogen-bond acceptors (Lipinski definition) is 3. The second kappa shape index (κ2) is 5.89. The number of aliphatic hydroxyl groups is 1. The van der Waals surface area contributed by atoms with Gasteiger partial charge in [0.05, 0.1) is 18.2 Å². The number of ether oxygens (including phenoxy) is 1. The third kappa shape index (κ3) is 3.59. The molecular formula is C13H24N2O3. The Balaban J connectivity index is 1.64. The maximum Gasteiger partial charge on any atom is 0.315 e. The molecule has 0 spiro atoms. The minimum atomic E-state index is -0.464. The molecule has 3 N–H and O–H groups in total. The highest BCUT2D eigenvalue weighted by Crippen LogP contribution is 2.39. The van der Waals surface area contributed by atoms with E-state index in [1.165, 1.54) is 0 Å². The summed E-state index contributed by atoms with van der Waals surface area (Å²) in [6.45, 7) is 3.38. The maximum atomic E-state index is 11.7. The van der Waals surface area contributed by atoms with Crippen LogP contribution >= 0.6 is 0 Å². The summed E-state index contributed by atoms with van der Waals surface area (Å²) in [6, 6.07) is -0.184. The highest BCUT2D eigenvalue weighted by molar-refractivity contribution is 5.74. The number of carbonyl (C=O) groups excluding carboxylic acids is 1. The Morgan fingerprint density at radius 1 is 1.44 bits per heavy atom. The van der Waals surface area contributed by atoms with Crippen molar-refractivity contribution < 1.29 is 14.6 Å². The molecule has 0 aromatic rings. The van der Waals surface area contributed by atoms with Crippen LogP contribution in [0.5, 0.6) is 0 Å². The van der Waals surface area contributed by atoms with E-state index >= 15 is 0 Å². The molecule has 0 unspecified atom stereocenters. The monoisotopic (exact) mass is 256 g/mol. The van der Waals surface area contributed by atoms with Gasteiger partial charge >= 0.3 is 6.03 Å². The minimum absolute atomic E-state index is 0.00315. The first-order valence-corrected chi connectivity index (χ1v) is 6.92. The molecule has 2 fully saturated rings. The lowest BCUT2D eigenvalue weighted by Gasteiger charge is -2.28. The quantitative estimate of drug-likeness (QED) is 0.664. The SMILES string of the molecule is C[C@@](CO)(NC(=O)NCC[C@@H]1CCCO1)C1CC1. The van der Waals surface area contributed by atoms with Gasteiger partial charge < -0.3 is 20.5 Å². The zero-order chi connectivity index (χ0) is 13.0. The van der Waals surface area contributed by atoms with Gasteiger partial charge in [0, 0.05) is 13.2 Å². The van der Waals surface area contributed by atoms with Gasteiger partial charge in [-0.3, -0.25) is 0 Å². The van der Waals surface area contributed by atoms with Gasteiger partial charge in [-0.1, -0.05) is 0 Å². The van der Waals surface area contributed by atoms with Gasteiger partial charge in [-0.05, 0) is 44.9 Å². The highest BCUT2D eigenvalue weighted by Gasteiger charge is 2.42. The van der Waals surface area contributed by atoms with Crippen molar-refractivity contribution in [3.05, 3.63) is 0 Å². The van der Waals surface area contributed by atoms with Crippen LogP contribution in [-0.4, -0.2) is 42.5 Å². The highest BCUT2D eigenvalue weighted by atomic mass is 16.5. The number of amides is 2. The van der Waals surface area contributed by atoms with Gasteiger partial charge in [0.15, 0.2) is 0 Å². The summed E-state index contributed by atoms with van der Waals surface area (Å²) in [7, 11) is 0. The van der Waals surface area contributed by atoms with E-state index in [1.54, 1.807) is 0 Å². The van der Waals surface area contributed by atoms with Crippen molar-refractivity contribution in [2.45, 2.75) is 50.7 Å². The maximum absolute atomic E-state index is 11.7. The Kier molecular flexibility index (Phi) is 4.45. The zero-order valence-electron chi connectivity index (χ0n) is 11.1. The van der Waals surface area contributed by atoms with Crippen LogP contribution in [-0.2, 0) is 4.74 Å². The van der Waals surface area contributed by atoms with Gasteiger partial charge in [0.25, 0.3) is 0 Å². The number of hydrogen-bond donors (Lipinski definition) is 3. The van der Waals surface area contributed by atoms with Gasteiger partial charge in [0.1, 0.15) is 0 Å².